The first kappa shape index (κ1) is 79.3. The quantitative estimate of drug-likeness (QED) is 0.0204. The summed E-state index contributed by atoms with van der Waals surface area (Å²) in [7, 11) is 0. The minimum absolute atomic E-state index is 0.248. The van der Waals surface area contributed by atoms with Gasteiger partial charge in [0.05, 0.1) is 32.0 Å². The molecule has 2 rings (SSSR count). The molecule has 2 saturated heterocycles. The Morgan fingerprint density at radius 2 is 0.814 bits per heavy atom. The standard InChI is InChI=1S/C72H127NO13/c1-3-5-7-9-11-13-15-17-19-21-22-23-24-25-26-27-28-29-30-31-32-33-34-35-36-37-38-40-42-44-46-48-50-52-54-56-64(77)73-60(61(76)55-53-51-49-47-45-43-41-39-20-18-16-14-12-10-8-6-4-2)59-83-71-69(82)67(80)70(63(58-75)85-71)86-72-68(81)66(79)65(78)62(57-74)84-72/h5,7,11,13,17,19,22-23,25-26,45,47,53,55,60-63,65-72,74-76,78-82H,3-4,6,8-10,12,14-16,18,20-21,24,27-44,46,48-52,54,56-59H2,1-2H3,(H,73,77)/b7-5-,13-11-,19-17-,23-22-,26-25-,47-45+,55-53+. The van der Waals surface area contributed by atoms with Crippen molar-refractivity contribution < 1.29 is 64.6 Å². The number of unbranched alkanes of at least 4 members (excludes halogenated alkanes) is 31. The first-order valence-electron chi connectivity index (χ1n) is 34.8. The Balaban J connectivity index is 1.63. The highest BCUT2D eigenvalue weighted by molar-refractivity contribution is 5.76. The lowest BCUT2D eigenvalue weighted by atomic mass is 9.97. The summed E-state index contributed by atoms with van der Waals surface area (Å²) < 4.78 is 22.8. The molecular formula is C72H127NO13. The molecule has 0 aromatic rings. The fourth-order valence-electron chi connectivity index (χ4n) is 11.0. The summed E-state index contributed by atoms with van der Waals surface area (Å²) >= 11 is 0. The van der Waals surface area contributed by atoms with Crippen LogP contribution in [0.4, 0.5) is 0 Å². The average molecular weight is 1210 g/mol. The predicted molar refractivity (Wildman–Crippen MR) is 350 cm³/mol. The zero-order valence-corrected chi connectivity index (χ0v) is 54.0. The Hall–Kier alpha value is -2.83. The van der Waals surface area contributed by atoms with Crippen LogP contribution in [0, 0.1) is 0 Å². The van der Waals surface area contributed by atoms with Gasteiger partial charge in [0.15, 0.2) is 12.6 Å². The van der Waals surface area contributed by atoms with Gasteiger partial charge in [0, 0.05) is 6.42 Å². The number of carbonyl (C=O) groups is 1. The highest BCUT2D eigenvalue weighted by Crippen LogP contribution is 2.30. The summed E-state index contributed by atoms with van der Waals surface area (Å²) in [4.78, 5) is 13.3. The monoisotopic (exact) mass is 1210 g/mol. The van der Waals surface area contributed by atoms with Crippen molar-refractivity contribution in [3.63, 3.8) is 0 Å². The Bertz CT molecular complexity index is 1770. The van der Waals surface area contributed by atoms with Gasteiger partial charge in [-0.1, -0.05) is 272 Å². The Labute approximate surface area is 522 Å². The van der Waals surface area contributed by atoms with Crippen LogP contribution in [0.5, 0.6) is 0 Å². The van der Waals surface area contributed by atoms with Gasteiger partial charge in [0.1, 0.15) is 48.8 Å². The maximum absolute atomic E-state index is 13.3. The van der Waals surface area contributed by atoms with Crippen LogP contribution in [0.25, 0.3) is 0 Å². The van der Waals surface area contributed by atoms with Crippen molar-refractivity contribution in [1.82, 2.24) is 5.32 Å². The SMILES string of the molecule is CC/C=C\C/C=C\C/C=C\C/C=C\C/C=C\CCCCCCCCCCCCCCCCCCCCCC(=O)NC(COC1OC(CO)C(OC2OC(CO)C(O)C(O)C2O)C(O)C1O)C(O)/C=C/CC/C=C/CCCCCCCCCCCCC. The maximum atomic E-state index is 13.3. The Kier molecular flexibility index (Phi) is 51.8. The van der Waals surface area contributed by atoms with Gasteiger partial charge in [-0.15, -0.1) is 0 Å². The molecule has 2 aliphatic heterocycles. The molecule has 9 N–H and O–H groups in total. The van der Waals surface area contributed by atoms with Crippen LogP contribution < -0.4 is 5.32 Å². The molecule has 498 valence electrons. The highest BCUT2D eigenvalue weighted by atomic mass is 16.7. The van der Waals surface area contributed by atoms with E-state index in [0.29, 0.717) is 12.8 Å². The number of hydrogen-bond acceptors (Lipinski definition) is 13. The van der Waals surface area contributed by atoms with Crippen LogP contribution >= 0.6 is 0 Å². The number of amides is 1. The topological polar surface area (TPSA) is 228 Å². The van der Waals surface area contributed by atoms with Gasteiger partial charge in [-0.05, 0) is 77.0 Å². The smallest absolute Gasteiger partial charge is 0.220 e. The second kappa shape index (κ2) is 56.2. The van der Waals surface area contributed by atoms with Gasteiger partial charge in [0.25, 0.3) is 0 Å². The summed E-state index contributed by atoms with van der Waals surface area (Å²) in [5.41, 5.74) is 0. The van der Waals surface area contributed by atoms with Crippen molar-refractivity contribution in [3.8, 4) is 0 Å². The highest BCUT2D eigenvalue weighted by Gasteiger charge is 2.51. The van der Waals surface area contributed by atoms with E-state index in [1.54, 1.807) is 6.08 Å². The fraction of sp³-hybridized carbons (Fsp3) is 0.792. The summed E-state index contributed by atoms with van der Waals surface area (Å²) in [6.07, 6.45) is 60.7. The van der Waals surface area contributed by atoms with Crippen LogP contribution in [-0.2, 0) is 23.7 Å². The number of allylic oxidation sites excluding steroid dienone is 13. The zero-order chi connectivity index (χ0) is 62.3. The van der Waals surface area contributed by atoms with Gasteiger partial charge in [-0.3, -0.25) is 4.79 Å². The van der Waals surface area contributed by atoms with E-state index in [0.717, 1.165) is 64.2 Å². The molecule has 0 spiro atoms. The van der Waals surface area contributed by atoms with Gasteiger partial charge >= 0.3 is 0 Å². The number of nitrogens with one attached hydrogen (secondary N) is 1. The minimum Gasteiger partial charge on any atom is -0.394 e. The van der Waals surface area contributed by atoms with Crippen molar-refractivity contribution in [2.24, 2.45) is 0 Å². The number of rotatable bonds is 56. The number of aliphatic hydroxyl groups is 8. The van der Waals surface area contributed by atoms with Gasteiger partial charge in [-0.2, -0.15) is 0 Å². The lowest BCUT2D eigenvalue weighted by Gasteiger charge is -2.46. The molecule has 0 bridgehead atoms. The predicted octanol–water partition coefficient (Wildman–Crippen LogP) is 14.0. The molecule has 2 aliphatic rings. The number of hydrogen-bond donors (Lipinski definition) is 9. The van der Waals surface area contributed by atoms with E-state index in [-0.39, 0.29) is 18.9 Å². The van der Waals surface area contributed by atoms with Crippen LogP contribution in [0.15, 0.2) is 85.1 Å². The molecular weight excluding hydrogens is 1090 g/mol. The Morgan fingerprint density at radius 1 is 0.430 bits per heavy atom. The van der Waals surface area contributed by atoms with E-state index in [4.69, 9.17) is 18.9 Å². The van der Waals surface area contributed by atoms with Crippen LogP contribution in [0.3, 0.4) is 0 Å². The summed E-state index contributed by atoms with van der Waals surface area (Å²) in [5.74, 6) is -0.248. The van der Waals surface area contributed by atoms with Crippen molar-refractivity contribution in [1.29, 1.82) is 0 Å². The average Bonchev–Trinajstić information content (AvgIpc) is 2.46. The van der Waals surface area contributed by atoms with E-state index >= 15 is 0 Å². The number of aliphatic hydroxyl groups excluding tert-OH is 8. The normalized spacial score (nSPS) is 23.9. The molecule has 0 radical (unpaired) electrons. The van der Waals surface area contributed by atoms with Gasteiger partial charge in [-0.25, -0.2) is 0 Å². The lowest BCUT2D eigenvalue weighted by molar-refractivity contribution is -0.359. The lowest BCUT2D eigenvalue weighted by Crippen LogP contribution is -2.65. The molecule has 0 aromatic heterocycles. The molecule has 0 aromatic carbocycles. The minimum atomic E-state index is -1.79. The van der Waals surface area contributed by atoms with E-state index in [9.17, 15) is 45.6 Å². The van der Waals surface area contributed by atoms with E-state index in [1.807, 2.05) is 6.08 Å². The second-order valence-corrected chi connectivity index (χ2v) is 24.3. The van der Waals surface area contributed by atoms with E-state index < -0.39 is 86.8 Å². The third kappa shape index (κ3) is 40.0. The van der Waals surface area contributed by atoms with Crippen molar-refractivity contribution >= 4 is 5.91 Å². The summed E-state index contributed by atoms with van der Waals surface area (Å²) in [6.45, 7) is 2.68. The van der Waals surface area contributed by atoms with Gasteiger partial charge in [0.2, 0.25) is 5.91 Å². The first-order chi connectivity index (χ1) is 42.1. The van der Waals surface area contributed by atoms with E-state index in [2.05, 4.69) is 92.1 Å². The molecule has 12 atom stereocenters. The molecule has 12 unspecified atom stereocenters. The number of ether oxygens (including phenoxy) is 4. The van der Waals surface area contributed by atoms with Crippen LogP contribution in [-0.4, -0.2) is 140 Å². The molecule has 1 amide bonds. The number of carbonyl (C=O) groups excluding carboxylic acids is 1. The summed E-state index contributed by atoms with van der Waals surface area (Å²) in [6, 6.07) is -0.934. The van der Waals surface area contributed by atoms with Crippen molar-refractivity contribution in [2.75, 3.05) is 19.8 Å². The second-order valence-electron chi connectivity index (χ2n) is 24.3. The molecule has 0 saturated carbocycles. The van der Waals surface area contributed by atoms with E-state index in [1.165, 1.54) is 173 Å². The third-order valence-corrected chi connectivity index (χ3v) is 16.6. The maximum Gasteiger partial charge on any atom is 0.220 e. The molecule has 14 nitrogen and oxygen atoms in total. The molecule has 0 aliphatic carbocycles. The molecule has 2 heterocycles. The van der Waals surface area contributed by atoms with Crippen molar-refractivity contribution in [2.45, 2.75) is 344 Å². The summed E-state index contributed by atoms with van der Waals surface area (Å²) in [5, 5.41) is 87.3. The van der Waals surface area contributed by atoms with Crippen LogP contribution in [0.2, 0.25) is 0 Å². The zero-order valence-electron chi connectivity index (χ0n) is 54.0. The molecule has 86 heavy (non-hydrogen) atoms. The molecule has 14 heteroatoms. The Morgan fingerprint density at radius 3 is 1.28 bits per heavy atom. The largest absolute Gasteiger partial charge is 0.394 e. The fourth-order valence-corrected chi connectivity index (χ4v) is 11.0. The van der Waals surface area contributed by atoms with Crippen LogP contribution in [0.1, 0.15) is 271 Å². The first-order valence-corrected chi connectivity index (χ1v) is 34.8. The van der Waals surface area contributed by atoms with Crippen molar-refractivity contribution in [3.05, 3.63) is 85.1 Å². The molecule has 2 fully saturated rings. The van der Waals surface area contributed by atoms with Gasteiger partial charge < -0.3 is 65.1 Å². The third-order valence-electron chi connectivity index (χ3n) is 16.6.